The first-order valence-electron chi connectivity index (χ1n) is 8.80. The van der Waals surface area contributed by atoms with Gasteiger partial charge in [0.05, 0.1) is 33.0 Å². The molecule has 1 rings (SSSR count). The van der Waals surface area contributed by atoms with Crippen LogP contribution >= 0.6 is 0 Å². The fourth-order valence-corrected chi connectivity index (χ4v) is 2.72. The van der Waals surface area contributed by atoms with Crippen LogP contribution in [-0.2, 0) is 14.4 Å². The lowest BCUT2D eigenvalue weighted by Gasteiger charge is -2.30. The molecule has 2 N–H and O–H groups in total. The van der Waals surface area contributed by atoms with Crippen molar-refractivity contribution in [3.63, 3.8) is 0 Å². The highest BCUT2D eigenvalue weighted by atomic mass is 16.4. The summed E-state index contributed by atoms with van der Waals surface area (Å²) in [5.74, 6) is -1.91. The molecule has 0 aromatic heterocycles. The van der Waals surface area contributed by atoms with Gasteiger partial charge in [-0.1, -0.05) is 20.8 Å². The van der Waals surface area contributed by atoms with Crippen molar-refractivity contribution in [2.75, 3.05) is 66.2 Å². The lowest BCUT2D eigenvalue weighted by molar-refractivity contribution is -0.142. The number of carboxylic acid groups (broad SMARTS) is 2. The third kappa shape index (κ3) is 8.70. The Balaban J connectivity index is 2.64. The number of hydrogen-bond acceptors (Lipinski definition) is 7. The quantitative estimate of drug-likeness (QED) is 0.556. The Morgan fingerprint density at radius 2 is 1.54 bits per heavy atom. The highest BCUT2D eigenvalue weighted by molar-refractivity contribution is 5.85. The zero-order valence-electron chi connectivity index (χ0n) is 16.3. The third-order valence-corrected chi connectivity index (χ3v) is 4.29. The number of carbonyl (C=O) groups is 3. The van der Waals surface area contributed by atoms with E-state index in [1.807, 2.05) is 27.8 Å². The number of ketones is 1. The summed E-state index contributed by atoms with van der Waals surface area (Å²) < 4.78 is 0. The van der Waals surface area contributed by atoms with Crippen molar-refractivity contribution < 1.29 is 24.6 Å². The van der Waals surface area contributed by atoms with Crippen molar-refractivity contribution in [1.82, 2.24) is 19.6 Å². The monoisotopic (exact) mass is 372 g/mol. The molecule has 0 spiro atoms. The second-order valence-corrected chi connectivity index (χ2v) is 7.98. The Bertz CT molecular complexity index is 490. The molecular formula is C17H32N4O5. The van der Waals surface area contributed by atoms with Gasteiger partial charge in [0.2, 0.25) is 0 Å². The lowest BCUT2D eigenvalue weighted by Crippen LogP contribution is -2.46. The number of aliphatic carboxylic acids is 2. The van der Waals surface area contributed by atoms with E-state index in [2.05, 4.69) is 14.7 Å². The summed E-state index contributed by atoms with van der Waals surface area (Å²) in [6.07, 6.45) is 0. The van der Waals surface area contributed by atoms with E-state index >= 15 is 0 Å². The molecule has 0 aromatic carbocycles. The topological polar surface area (TPSA) is 105 Å². The average molecular weight is 372 g/mol. The highest BCUT2D eigenvalue weighted by Crippen LogP contribution is 2.16. The molecule has 9 nitrogen and oxygen atoms in total. The molecule has 1 aliphatic rings. The molecule has 0 saturated carbocycles. The van der Waals surface area contributed by atoms with E-state index in [1.165, 1.54) is 4.90 Å². The Labute approximate surface area is 155 Å². The normalized spacial score (nSPS) is 18.0. The predicted molar refractivity (Wildman–Crippen MR) is 96.8 cm³/mol. The Morgan fingerprint density at radius 1 is 0.962 bits per heavy atom. The molecule has 0 unspecified atom stereocenters. The predicted octanol–water partition coefficient (Wildman–Crippen LogP) is -0.463. The van der Waals surface area contributed by atoms with Gasteiger partial charge < -0.3 is 10.2 Å². The van der Waals surface area contributed by atoms with Crippen molar-refractivity contribution >= 4 is 17.7 Å². The molecule has 26 heavy (non-hydrogen) atoms. The van der Waals surface area contributed by atoms with Crippen molar-refractivity contribution in [2.24, 2.45) is 5.41 Å². The Morgan fingerprint density at radius 3 is 2.04 bits per heavy atom. The van der Waals surface area contributed by atoms with Gasteiger partial charge >= 0.3 is 11.9 Å². The van der Waals surface area contributed by atoms with Crippen LogP contribution in [0.3, 0.4) is 0 Å². The number of rotatable bonds is 9. The summed E-state index contributed by atoms with van der Waals surface area (Å²) in [6.45, 7) is 9.28. The average Bonchev–Trinajstić information content (AvgIpc) is 2.64. The van der Waals surface area contributed by atoms with Crippen molar-refractivity contribution in [1.29, 1.82) is 0 Å². The van der Waals surface area contributed by atoms with Crippen molar-refractivity contribution in [3.05, 3.63) is 0 Å². The molecular weight excluding hydrogens is 340 g/mol. The van der Waals surface area contributed by atoms with E-state index in [4.69, 9.17) is 10.2 Å². The molecule has 0 aromatic rings. The maximum atomic E-state index is 12.3. The molecule has 0 aliphatic carbocycles. The van der Waals surface area contributed by atoms with E-state index < -0.39 is 17.4 Å². The smallest absolute Gasteiger partial charge is 0.317 e. The summed E-state index contributed by atoms with van der Waals surface area (Å²) in [5.41, 5.74) is -0.393. The van der Waals surface area contributed by atoms with E-state index in [1.54, 1.807) is 0 Å². The Hall–Kier alpha value is -1.55. The minimum atomic E-state index is -1.04. The van der Waals surface area contributed by atoms with Crippen LogP contribution in [0.15, 0.2) is 0 Å². The maximum Gasteiger partial charge on any atom is 0.317 e. The lowest BCUT2D eigenvalue weighted by atomic mass is 9.90. The van der Waals surface area contributed by atoms with Gasteiger partial charge in [-0.2, -0.15) is 0 Å². The molecule has 0 bridgehead atoms. The molecule has 1 saturated heterocycles. The molecule has 1 fully saturated rings. The van der Waals surface area contributed by atoms with Gasteiger partial charge in [0.1, 0.15) is 0 Å². The van der Waals surface area contributed by atoms with Crippen LogP contribution in [0.1, 0.15) is 20.8 Å². The third-order valence-electron chi connectivity index (χ3n) is 4.29. The van der Waals surface area contributed by atoms with Gasteiger partial charge in [-0.15, -0.1) is 0 Å². The first-order chi connectivity index (χ1) is 12.0. The molecule has 1 aliphatic heterocycles. The van der Waals surface area contributed by atoms with Gasteiger partial charge in [0.15, 0.2) is 5.78 Å². The van der Waals surface area contributed by atoms with Crippen LogP contribution in [0, 0.1) is 5.41 Å². The molecule has 150 valence electrons. The molecule has 0 atom stereocenters. The number of carboxylic acids is 2. The largest absolute Gasteiger partial charge is 0.480 e. The number of Topliss-reactive ketones (excluding diaryl/α,β-unsaturated/α-hetero) is 1. The summed E-state index contributed by atoms with van der Waals surface area (Å²) in [4.78, 5) is 41.9. The number of hydrogen-bond donors (Lipinski definition) is 2. The van der Waals surface area contributed by atoms with Gasteiger partial charge in [-0.25, -0.2) is 0 Å². The van der Waals surface area contributed by atoms with Crippen molar-refractivity contribution in [2.45, 2.75) is 20.8 Å². The molecule has 0 amide bonds. The number of carbonyl (C=O) groups excluding carboxylic acids is 1. The fourth-order valence-electron chi connectivity index (χ4n) is 2.72. The minimum absolute atomic E-state index is 0.172. The SMILES string of the molecule is CN1CCN(CCN(CC(=O)O)CC(=O)O)CN(CC(=O)C(C)(C)C)C1. The molecule has 0 radical (unpaired) electrons. The van der Waals surface area contributed by atoms with Gasteiger partial charge in [-0.3, -0.25) is 34.0 Å². The van der Waals surface area contributed by atoms with Crippen LogP contribution in [0.2, 0.25) is 0 Å². The molecule has 1 heterocycles. The zero-order chi connectivity index (χ0) is 19.9. The second kappa shape index (κ2) is 9.96. The molecule has 9 heteroatoms. The standard InChI is InChI=1S/C17H32N4O5/c1-17(2,3)14(22)9-21-12-18(4)5-6-19(13-21)7-8-20(10-15(23)24)11-16(25)26/h5-13H2,1-4H3,(H,23,24)(H,25,26). The Kier molecular flexibility index (Phi) is 8.61. The van der Waals surface area contributed by atoms with Crippen LogP contribution in [0.4, 0.5) is 0 Å². The van der Waals surface area contributed by atoms with Gasteiger partial charge in [-0.05, 0) is 7.05 Å². The van der Waals surface area contributed by atoms with Gasteiger partial charge in [0.25, 0.3) is 0 Å². The highest BCUT2D eigenvalue weighted by Gasteiger charge is 2.26. The van der Waals surface area contributed by atoms with Crippen LogP contribution in [-0.4, -0.2) is 114 Å². The van der Waals surface area contributed by atoms with E-state index in [0.29, 0.717) is 33.0 Å². The summed E-state index contributed by atoms with van der Waals surface area (Å²) in [5, 5.41) is 17.9. The zero-order valence-corrected chi connectivity index (χ0v) is 16.3. The summed E-state index contributed by atoms with van der Waals surface area (Å²) >= 11 is 0. The van der Waals surface area contributed by atoms with E-state index in [-0.39, 0.29) is 18.9 Å². The first kappa shape index (κ1) is 22.5. The first-order valence-corrected chi connectivity index (χ1v) is 8.80. The minimum Gasteiger partial charge on any atom is -0.480 e. The van der Waals surface area contributed by atoms with Crippen LogP contribution < -0.4 is 0 Å². The second-order valence-electron chi connectivity index (χ2n) is 7.98. The van der Waals surface area contributed by atoms with Gasteiger partial charge in [0, 0.05) is 31.6 Å². The summed E-state index contributed by atoms with van der Waals surface area (Å²) in [7, 11) is 2.00. The number of nitrogens with zero attached hydrogens (tertiary/aromatic N) is 4. The summed E-state index contributed by atoms with van der Waals surface area (Å²) in [6, 6.07) is 0. The van der Waals surface area contributed by atoms with Crippen LogP contribution in [0.5, 0.6) is 0 Å². The van der Waals surface area contributed by atoms with E-state index in [0.717, 1.165) is 13.1 Å². The van der Waals surface area contributed by atoms with Crippen LogP contribution in [0.25, 0.3) is 0 Å². The number of likely N-dealkylation sites (N-methyl/N-ethyl adjacent to an activating group) is 1. The van der Waals surface area contributed by atoms with E-state index in [9.17, 15) is 14.4 Å². The maximum absolute atomic E-state index is 12.3. The fraction of sp³-hybridized carbons (Fsp3) is 0.824. The van der Waals surface area contributed by atoms with Crippen molar-refractivity contribution in [3.8, 4) is 0 Å².